The van der Waals surface area contributed by atoms with E-state index in [1.165, 1.54) is 0 Å². The molecule has 4 heteroatoms. The summed E-state index contributed by atoms with van der Waals surface area (Å²) in [6.07, 6.45) is 2.61. The number of ether oxygens (including phenoxy) is 1. The maximum atomic E-state index is 6.00. The molecule has 0 radical (unpaired) electrons. The van der Waals surface area contributed by atoms with Gasteiger partial charge in [-0.1, -0.05) is 0 Å². The molecule has 1 aromatic rings. The maximum Gasteiger partial charge on any atom is 0.0912 e. The van der Waals surface area contributed by atoms with E-state index in [1.807, 2.05) is 19.1 Å². The lowest BCUT2D eigenvalue weighted by Gasteiger charge is -2.09. The minimum Gasteiger partial charge on any atom is -0.501 e. The number of hydrogen-bond donors (Lipinski definition) is 1. The molecule has 0 spiro atoms. The van der Waals surface area contributed by atoms with Crippen LogP contribution in [0.2, 0.25) is 0 Å². The molecule has 0 saturated heterocycles. The standard InChI is InChI=1S/C10H13N3O/c1-7-2-3-9(13-12-7)10(11)8-4-5-14-6-8/h2-3,6,10H,4-5,11H2,1H3. The van der Waals surface area contributed by atoms with Crippen molar-refractivity contribution >= 4 is 0 Å². The molecule has 1 aliphatic rings. The molecule has 0 aromatic carbocycles. The molecule has 0 aliphatic carbocycles. The number of nitrogens with two attached hydrogens (primary N) is 1. The van der Waals surface area contributed by atoms with Crippen molar-refractivity contribution in [3.8, 4) is 0 Å². The van der Waals surface area contributed by atoms with Crippen molar-refractivity contribution in [2.24, 2.45) is 5.73 Å². The molecular formula is C10H13N3O. The Hall–Kier alpha value is -1.42. The van der Waals surface area contributed by atoms with E-state index >= 15 is 0 Å². The summed E-state index contributed by atoms with van der Waals surface area (Å²) >= 11 is 0. The maximum absolute atomic E-state index is 6.00. The first-order chi connectivity index (χ1) is 6.77. The van der Waals surface area contributed by atoms with E-state index in [4.69, 9.17) is 10.5 Å². The molecule has 2 rings (SSSR count). The minimum absolute atomic E-state index is 0.175. The van der Waals surface area contributed by atoms with Crippen molar-refractivity contribution < 1.29 is 4.74 Å². The van der Waals surface area contributed by atoms with Gasteiger partial charge in [0.25, 0.3) is 0 Å². The summed E-state index contributed by atoms with van der Waals surface area (Å²) in [6, 6.07) is 3.65. The Morgan fingerprint density at radius 2 is 2.29 bits per heavy atom. The predicted octanol–water partition coefficient (Wildman–Crippen LogP) is 1.09. The van der Waals surface area contributed by atoms with E-state index < -0.39 is 0 Å². The normalized spacial score (nSPS) is 17.4. The van der Waals surface area contributed by atoms with Crippen LogP contribution in [0.1, 0.15) is 23.9 Å². The SMILES string of the molecule is Cc1ccc(C(N)C2=COCC2)nn1. The Balaban J connectivity index is 2.18. The van der Waals surface area contributed by atoms with Crippen LogP contribution < -0.4 is 5.73 Å². The molecule has 1 aliphatic heterocycles. The van der Waals surface area contributed by atoms with Gasteiger partial charge in [0.05, 0.1) is 30.3 Å². The molecular weight excluding hydrogens is 178 g/mol. The highest BCUT2D eigenvalue weighted by Crippen LogP contribution is 2.23. The van der Waals surface area contributed by atoms with Crippen molar-refractivity contribution in [3.63, 3.8) is 0 Å². The van der Waals surface area contributed by atoms with Gasteiger partial charge in [-0.25, -0.2) is 0 Å². The largest absolute Gasteiger partial charge is 0.501 e. The second kappa shape index (κ2) is 3.75. The smallest absolute Gasteiger partial charge is 0.0912 e. The van der Waals surface area contributed by atoms with E-state index in [0.717, 1.165) is 30.0 Å². The van der Waals surface area contributed by atoms with Crippen molar-refractivity contribution in [3.05, 3.63) is 35.4 Å². The number of aryl methyl sites for hydroxylation is 1. The number of rotatable bonds is 2. The van der Waals surface area contributed by atoms with Gasteiger partial charge in [-0.15, -0.1) is 0 Å². The second-order valence-corrected chi connectivity index (χ2v) is 3.39. The highest BCUT2D eigenvalue weighted by Gasteiger charge is 2.17. The van der Waals surface area contributed by atoms with E-state index in [0.29, 0.717) is 0 Å². The molecule has 2 heterocycles. The quantitative estimate of drug-likeness (QED) is 0.760. The topological polar surface area (TPSA) is 61.0 Å². The van der Waals surface area contributed by atoms with Gasteiger partial charge in [0.2, 0.25) is 0 Å². The lowest BCUT2D eigenvalue weighted by atomic mass is 10.0. The first-order valence-corrected chi connectivity index (χ1v) is 4.64. The van der Waals surface area contributed by atoms with Crippen LogP contribution >= 0.6 is 0 Å². The van der Waals surface area contributed by atoms with Crippen molar-refractivity contribution in [1.82, 2.24) is 10.2 Å². The van der Waals surface area contributed by atoms with Crippen LogP contribution in [-0.4, -0.2) is 16.8 Å². The highest BCUT2D eigenvalue weighted by atomic mass is 16.5. The van der Waals surface area contributed by atoms with Gasteiger partial charge in [0.1, 0.15) is 0 Å². The van der Waals surface area contributed by atoms with Crippen LogP contribution in [0.3, 0.4) is 0 Å². The van der Waals surface area contributed by atoms with Crippen LogP contribution in [0.4, 0.5) is 0 Å². The van der Waals surface area contributed by atoms with Crippen LogP contribution in [0.25, 0.3) is 0 Å². The third-order valence-corrected chi connectivity index (χ3v) is 2.28. The third kappa shape index (κ3) is 1.75. The minimum atomic E-state index is -0.175. The van der Waals surface area contributed by atoms with Crippen LogP contribution in [-0.2, 0) is 4.74 Å². The summed E-state index contributed by atoms with van der Waals surface area (Å²) in [4.78, 5) is 0. The highest BCUT2D eigenvalue weighted by molar-refractivity contribution is 5.21. The Bertz CT molecular complexity index is 345. The predicted molar refractivity (Wildman–Crippen MR) is 52.3 cm³/mol. The molecule has 0 bridgehead atoms. The zero-order valence-electron chi connectivity index (χ0n) is 8.10. The van der Waals surface area contributed by atoms with Crippen molar-refractivity contribution in [2.75, 3.05) is 6.61 Å². The number of hydrogen-bond acceptors (Lipinski definition) is 4. The van der Waals surface area contributed by atoms with Gasteiger partial charge in [0.15, 0.2) is 0 Å². The van der Waals surface area contributed by atoms with Gasteiger partial charge in [-0.05, 0) is 24.6 Å². The number of nitrogens with zero attached hydrogens (tertiary/aromatic N) is 2. The first-order valence-electron chi connectivity index (χ1n) is 4.64. The Morgan fingerprint density at radius 3 is 2.86 bits per heavy atom. The summed E-state index contributed by atoms with van der Waals surface area (Å²) in [7, 11) is 0. The van der Waals surface area contributed by atoms with Crippen LogP contribution in [0, 0.1) is 6.92 Å². The molecule has 1 atom stereocenters. The molecule has 4 nitrogen and oxygen atoms in total. The van der Waals surface area contributed by atoms with Crippen molar-refractivity contribution in [1.29, 1.82) is 0 Å². The first kappa shape index (κ1) is 9.15. The Labute approximate surface area is 82.8 Å². The summed E-state index contributed by atoms with van der Waals surface area (Å²) in [5.74, 6) is 0. The summed E-state index contributed by atoms with van der Waals surface area (Å²) in [5, 5.41) is 8.02. The second-order valence-electron chi connectivity index (χ2n) is 3.39. The average Bonchev–Trinajstić information content (AvgIpc) is 2.71. The fourth-order valence-corrected chi connectivity index (χ4v) is 1.40. The fraction of sp³-hybridized carbons (Fsp3) is 0.400. The average molecular weight is 191 g/mol. The van der Waals surface area contributed by atoms with E-state index in [9.17, 15) is 0 Å². The van der Waals surface area contributed by atoms with Gasteiger partial charge < -0.3 is 10.5 Å². The summed E-state index contributed by atoms with van der Waals surface area (Å²) in [5.41, 5.74) is 8.78. The summed E-state index contributed by atoms with van der Waals surface area (Å²) in [6.45, 7) is 2.63. The van der Waals surface area contributed by atoms with Gasteiger partial charge >= 0.3 is 0 Å². The van der Waals surface area contributed by atoms with E-state index in [-0.39, 0.29) is 6.04 Å². The Kier molecular flexibility index (Phi) is 2.45. The van der Waals surface area contributed by atoms with Gasteiger partial charge in [-0.3, -0.25) is 0 Å². The molecule has 2 N–H and O–H groups in total. The zero-order chi connectivity index (χ0) is 9.97. The van der Waals surface area contributed by atoms with Crippen LogP contribution in [0.5, 0.6) is 0 Å². The zero-order valence-corrected chi connectivity index (χ0v) is 8.10. The monoisotopic (exact) mass is 191 g/mol. The molecule has 1 aromatic heterocycles. The van der Waals surface area contributed by atoms with Crippen molar-refractivity contribution in [2.45, 2.75) is 19.4 Å². The molecule has 14 heavy (non-hydrogen) atoms. The lowest BCUT2D eigenvalue weighted by molar-refractivity contribution is 0.281. The van der Waals surface area contributed by atoms with Gasteiger partial charge in [-0.2, -0.15) is 10.2 Å². The Morgan fingerprint density at radius 1 is 1.43 bits per heavy atom. The fourth-order valence-electron chi connectivity index (χ4n) is 1.40. The third-order valence-electron chi connectivity index (χ3n) is 2.28. The van der Waals surface area contributed by atoms with Gasteiger partial charge in [0, 0.05) is 6.42 Å². The molecule has 74 valence electrons. The molecule has 0 fully saturated rings. The molecule has 0 saturated carbocycles. The molecule has 1 unspecified atom stereocenters. The summed E-state index contributed by atoms with van der Waals surface area (Å²) < 4.78 is 5.13. The lowest BCUT2D eigenvalue weighted by Crippen LogP contribution is -2.14. The van der Waals surface area contributed by atoms with E-state index in [2.05, 4.69) is 10.2 Å². The van der Waals surface area contributed by atoms with Crippen LogP contribution in [0.15, 0.2) is 24.0 Å². The van der Waals surface area contributed by atoms with E-state index in [1.54, 1.807) is 6.26 Å². The number of aromatic nitrogens is 2. The molecule has 0 amide bonds.